The minimum Gasteiger partial charge on any atom is -0.381 e. The van der Waals surface area contributed by atoms with Crippen molar-refractivity contribution in [2.24, 2.45) is 17.6 Å². The summed E-state index contributed by atoms with van der Waals surface area (Å²) in [6, 6.07) is -0.368. The minimum absolute atomic E-state index is 0.0319. The Morgan fingerprint density at radius 3 is 2.87 bits per heavy atom. The molecule has 1 amide bonds. The highest BCUT2D eigenvalue weighted by Crippen LogP contribution is 2.10. The normalized spacial score (nSPS) is 23.1. The van der Waals surface area contributed by atoms with E-state index in [1.165, 1.54) is 0 Å². The lowest BCUT2D eigenvalue weighted by atomic mass is 10.0. The average Bonchev–Trinajstić information content (AvgIpc) is 2.65. The van der Waals surface area contributed by atoms with E-state index in [1.807, 2.05) is 0 Å². The third kappa shape index (κ3) is 4.62. The van der Waals surface area contributed by atoms with Gasteiger partial charge in [0.15, 0.2) is 0 Å². The van der Waals surface area contributed by atoms with Crippen LogP contribution < -0.4 is 11.1 Å². The lowest BCUT2D eigenvalue weighted by Crippen LogP contribution is -2.43. The molecule has 1 saturated heterocycles. The van der Waals surface area contributed by atoms with E-state index in [0.29, 0.717) is 18.4 Å². The second kappa shape index (κ2) is 6.08. The fraction of sp³-hybridized carbons (Fsp3) is 0.909. The zero-order valence-corrected chi connectivity index (χ0v) is 9.66. The molecule has 0 aromatic heterocycles. The summed E-state index contributed by atoms with van der Waals surface area (Å²) >= 11 is 0. The van der Waals surface area contributed by atoms with Crippen molar-refractivity contribution in [2.75, 3.05) is 19.8 Å². The molecule has 0 aromatic carbocycles. The zero-order valence-electron chi connectivity index (χ0n) is 9.66. The monoisotopic (exact) mass is 214 g/mol. The van der Waals surface area contributed by atoms with Gasteiger partial charge >= 0.3 is 0 Å². The number of hydrogen-bond acceptors (Lipinski definition) is 3. The lowest BCUT2D eigenvalue weighted by molar-refractivity contribution is -0.122. The van der Waals surface area contributed by atoms with Gasteiger partial charge in [0.25, 0.3) is 0 Å². The molecule has 1 unspecified atom stereocenters. The number of nitrogens with two attached hydrogens (primary N) is 1. The Bertz CT molecular complexity index is 201. The van der Waals surface area contributed by atoms with Crippen LogP contribution in [0.2, 0.25) is 0 Å². The summed E-state index contributed by atoms with van der Waals surface area (Å²) < 4.78 is 5.23. The minimum atomic E-state index is -0.368. The molecule has 4 nitrogen and oxygen atoms in total. The molecule has 3 N–H and O–H groups in total. The summed E-state index contributed by atoms with van der Waals surface area (Å²) in [5.41, 5.74) is 5.76. The van der Waals surface area contributed by atoms with Gasteiger partial charge in [-0.25, -0.2) is 0 Å². The summed E-state index contributed by atoms with van der Waals surface area (Å²) in [4.78, 5) is 11.6. The van der Waals surface area contributed by atoms with Crippen molar-refractivity contribution in [3.63, 3.8) is 0 Å². The first-order chi connectivity index (χ1) is 7.09. The highest BCUT2D eigenvalue weighted by atomic mass is 16.5. The zero-order chi connectivity index (χ0) is 11.3. The van der Waals surface area contributed by atoms with Crippen molar-refractivity contribution < 1.29 is 9.53 Å². The molecule has 1 aliphatic rings. The van der Waals surface area contributed by atoms with Gasteiger partial charge < -0.3 is 15.8 Å². The van der Waals surface area contributed by atoms with Gasteiger partial charge in [-0.1, -0.05) is 13.8 Å². The third-order valence-corrected chi connectivity index (χ3v) is 2.65. The van der Waals surface area contributed by atoms with Crippen molar-refractivity contribution in [1.29, 1.82) is 0 Å². The van der Waals surface area contributed by atoms with Crippen LogP contribution in [0.3, 0.4) is 0 Å². The van der Waals surface area contributed by atoms with E-state index in [0.717, 1.165) is 26.1 Å². The number of carbonyl (C=O) groups excluding carboxylic acids is 1. The second-order valence-electron chi connectivity index (χ2n) is 4.71. The Morgan fingerprint density at radius 2 is 2.33 bits per heavy atom. The molecular weight excluding hydrogens is 192 g/mol. The first kappa shape index (κ1) is 12.5. The van der Waals surface area contributed by atoms with Crippen LogP contribution in [0.5, 0.6) is 0 Å². The van der Waals surface area contributed by atoms with Crippen LogP contribution in [-0.2, 0) is 9.53 Å². The standard InChI is InChI=1S/C11H22N2O2/c1-8(2)5-10(12)11(14)13-6-9-3-4-15-7-9/h8-10H,3-7,12H2,1-2H3,(H,13,14)/t9?,10-/m0/s1. The smallest absolute Gasteiger partial charge is 0.236 e. The highest BCUT2D eigenvalue weighted by molar-refractivity contribution is 5.81. The van der Waals surface area contributed by atoms with E-state index in [9.17, 15) is 4.79 Å². The Hall–Kier alpha value is -0.610. The summed E-state index contributed by atoms with van der Waals surface area (Å²) in [6.45, 7) is 6.42. The maximum absolute atomic E-state index is 11.6. The second-order valence-corrected chi connectivity index (χ2v) is 4.71. The summed E-state index contributed by atoms with van der Waals surface area (Å²) in [5.74, 6) is 0.899. The van der Waals surface area contributed by atoms with E-state index >= 15 is 0 Å². The summed E-state index contributed by atoms with van der Waals surface area (Å²) in [5, 5.41) is 2.89. The largest absolute Gasteiger partial charge is 0.381 e. The van der Waals surface area contributed by atoms with E-state index in [4.69, 9.17) is 10.5 Å². The van der Waals surface area contributed by atoms with Gasteiger partial charge in [0.2, 0.25) is 5.91 Å². The molecule has 0 saturated carbocycles. The first-order valence-corrected chi connectivity index (χ1v) is 5.70. The molecule has 0 aliphatic carbocycles. The molecule has 1 fully saturated rings. The van der Waals surface area contributed by atoms with E-state index in [-0.39, 0.29) is 11.9 Å². The quantitative estimate of drug-likeness (QED) is 0.701. The number of nitrogens with one attached hydrogen (secondary N) is 1. The van der Waals surface area contributed by atoms with Crippen LogP contribution in [0.4, 0.5) is 0 Å². The van der Waals surface area contributed by atoms with Crippen LogP contribution >= 0.6 is 0 Å². The van der Waals surface area contributed by atoms with E-state index < -0.39 is 0 Å². The molecular formula is C11H22N2O2. The number of amides is 1. The molecule has 0 spiro atoms. The Kier molecular flexibility index (Phi) is 5.05. The molecule has 0 radical (unpaired) electrons. The van der Waals surface area contributed by atoms with Crippen LogP contribution in [0.15, 0.2) is 0 Å². The fourth-order valence-electron chi connectivity index (χ4n) is 1.74. The highest BCUT2D eigenvalue weighted by Gasteiger charge is 2.19. The maximum Gasteiger partial charge on any atom is 0.236 e. The van der Waals surface area contributed by atoms with Crippen LogP contribution in [-0.4, -0.2) is 31.7 Å². The van der Waals surface area contributed by atoms with Crippen LogP contribution in [0.1, 0.15) is 26.7 Å². The molecule has 1 heterocycles. The van der Waals surface area contributed by atoms with Gasteiger partial charge in [-0.2, -0.15) is 0 Å². The SMILES string of the molecule is CC(C)C[C@H](N)C(=O)NCC1CCOC1. The fourth-order valence-corrected chi connectivity index (χ4v) is 1.74. The van der Waals surface area contributed by atoms with Gasteiger partial charge in [0, 0.05) is 19.1 Å². The number of carbonyl (C=O) groups is 1. The van der Waals surface area contributed by atoms with E-state index in [2.05, 4.69) is 19.2 Å². The Morgan fingerprint density at radius 1 is 1.60 bits per heavy atom. The number of ether oxygens (including phenoxy) is 1. The molecule has 2 atom stereocenters. The molecule has 4 heteroatoms. The summed E-state index contributed by atoms with van der Waals surface area (Å²) in [6.07, 6.45) is 1.78. The number of hydrogen-bond donors (Lipinski definition) is 2. The number of rotatable bonds is 5. The molecule has 15 heavy (non-hydrogen) atoms. The van der Waals surface area contributed by atoms with Crippen molar-refractivity contribution in [1.82, 2.24) is 5.32 Å². The van der Waals surface area contributed by atoms with Gasteiger partial charge in [0.05, 0.1) is 12.6 Å². The van der Waals surface area contributed by atoms with Gasteiger partial charge in [-0.3, -0.25) is 4.79 Å². The molecule has 88 valence electrons. The summed E-state index contributed by atoms with van der Waals surface area (Å²) in [7, 11) is 0. The lowest BCUT2D eigenvalue weighted by Gasteiger charge is -2.15. The molecule has 0 aromatic rings. The van der Waals surface area contributed by atoms with Crippen molar-refractivity contribution in [2.45, 2.75) is 32.7 Å². The molecule has 0 bridgehead atoms. The van der Waals surface area contributed by atoms with Crippen molar-refractivity contribution in [3.8, 4) is 0 Å². The Labute approximate surface area is 91.5 Å². The van der Waals surface area contributed by atoms with E-state index in [1.54, 1.807) is 0 Å². The van der Waals surface area contributed by atoms with Gasteiger partial charge in [-0.05, 0) is 18.8 Å². The third-order valence-electron chi connectivity index (χ3n) is 2.65. The Balaban J connectivity index is 2.16. The predicted octanol–water partition coefficient (Wildman–Crippen LogP) is 0.513. The topological polar surface area (TPSA) is 64.4 Å². The van der Waals surface area contributed by atoms with Gasteiger partial charge in [-0.15, -0.1) is 0 Å². The average molecular weight is 214 g/mol. The maximum atomic E-state index is 11.6. The molecule has 1 rings (SSSR count). The van der Waals surface area contributed by atoms with Crippen molar-refractivity contribution in [3.05, 3.63) is 0 Å². The predicted molar refractivity (Wildman–Crippen MR) is 59.4 cm³/mol. The first-order valence-electron chi connectivity index (χ1n) is 5.70. The van der Waals surface area contributed by atoms with Crippen molar-refractivity contribution >= 4 is 5.91 Å². The van der Waals surface area contributed by atoms with Gasteiger partial charge in [0.1, 0.15) is 0 Å². The molecule has 1 aliphatic heterocycles. The van der Waals surface area contributed by atoms with Crippen LogP contribution in [0.25, 0.3) is 0 Å². The van der Waals surface area contributed by atoms with Crippen LogP contribution in [0, 0.1) is 11.8 Å².